The summed E-state index contributed by atoms with van der Waals surface area (Å²) in [5, 5.41) is 23.5. The molecule has 1 aliphatic rings. The molecule has 3 aromatic rings. The van der Waals surface area contributed by atoms with Crippen LogP contribution in [0, 0.1) is 0 Å². The lowest BCUT2D eigenvalue weighted by atomic mass is 10.1. The quantitative estimate of drug-likeness (QED) is 0.683. The number of urea groups is 1. The number of carbonyl (C=O) groups is 1. The molecule has 0 radical (unpaired) electrons. The molecule has 126 valence electrons. The predicted molar refractivity (Wildman–Crippen MR) is 92.4 cm³/mol. The lowest BCUT2D eigenvalue weighted by Crippen LogP contribution is -2.36. The third-order valence-electron chi connectivity index (χ3n) is 4.30. The van der Waals surface area contributed by atoms with E-state index < -0.39 is 12.1 Å². The maximum atomic E-state index is 12.3. The van der Waals surface area contributed by atoms with Gasteiger partial charge in [-0.15, -0.1) is 5.10 Å². The summed E-state index contributed by atoms with van der Waals surface area (Å²) in [6.07, 6.45) is 3.28. The van der Waals surface area contributed by atoms with Gasteiger partial charge in [-0.25, -0.2) is 9.48 Å². The van der Waals surface area contributed by atoms with Crippen LogP contribution in [0.5, 0.6) is 0 Å². The number of rotatable bonds is 3. The number of aliphatic hydroxyl groups is 1. The number of amides is 2. The molecule has 0 unspecified atom stereocenters. The van der Waals surface area contributed by atoms with Crippen molar-refractivity contribution in [3.05, 3.63) is 72.1 Å². The molecule has 1 heterocycles. The van der Waals surface area contributed by atoms with Gasteiger partial charge in [0.15, 0.2) is 0 Å². The van der Waals surface area contributed by atoms with Gasteiger partial charge in [-0.2, -0.15) is 0 Å². The van der Waals surface area contributed by atoms with Crippen molar-refractivity contribution >= 4 is 11.7 Å². The summed E-state index contributed by atoms with van der Waals surface area (Å²) in [5.41, 5.74) is 3.54. The Kier molecular flexibility index (Phi) is 3.91. The van der Waals surface area contributed by atoms with Crippen LogP contribution in [0.3, 0.4) is 0 Å². The van der Waals surface area contributed by atoms with Gasteiger partial charge in [-0.05, 0) is 35.4 Å². The highest BCUT2D eigenvalue weighted by molar-refractivity contribution is 5.89. The van der Waals surface area contributed by atoms with E-state index in [4.69, 9.17) is 0 Å². The first-order chi connectivity index (χ1) is 12.2. The zero-order valence-corrected chi connectivity index (χ0v) is 13.3. The van der Waals surface area contributed by atoms with Crippen LogP contribution in [0.25, 0.3) is 5.69 Å². The van der Waals surface area contributed by atoms with Crippen molar-refractivity contribution in [2.75, 3.05) is 5.32 Å². The van der Waals surface area contributed by atoms with Crippen molar-refractivity contribution in [3.8, 4) is 5.69 Å². The minimum Gasteiger partial charge on any atom is -0.390 e. The van der Waals surface area contributed by atoms with Gasteiger partial charge in [-0.1, -0.05) is 29.5 Å². The van der Waals surface area contributed by atoms with Crippen molar-refractivity contribution in [3.63, 3.8) is 0 Å². The molecule has 1 aromatic heterocycles. The number of hydrogen-bond acceptors (Lipinski definition) is 4. The normalized spacial score (nSPS) is 18.6. The number of nitrogens with zero attached hydrogens (tertiary/aromatic N) is 3. The number of anilines is 1. The van der Waals surface area contributed by atoms with Gasteiger partial charge in [0.1, 0.15) is 0 Å². The van der Waals surface area contributed by atoms with E-state index in [2.05, 4.69) is 20.9 Å². The van der Waals surface area contributed by atoms with E-state index in [-0.39, 0.29) is 6.03 Å². The Labute approximate surface area is 144 Å². The number of aromatic nitrogens is 3. The Morgan fingerprint density at radius 3 is 2.72 bits per heavy atom. The minimum atomic E-state index is -0.613. The highest BCUT2D eigenvalue weighted by Crippen LogP contribution is 2.31. The number of aliphatic hydroxyl groups excluding tert-OH is 1. The number of nitrogens with one attached hydrogen (secondary N) is 2. The fourth-order valence-electron chi connectivity index (χ4n) is 3.10. The van der Waals surface area contributed by atoms with Crippen molar-refractivity contribution in [2.24, 2.45) is 0 Å². The smallest absolute Gasteiger partial charge is 0.319 e. The summed E-state index contributed by atoms with van der Waals surface area (Å²) in [6, 6.07) is 14.3. The topological polar surface area (TPSA) is 92.1 Å². The summed E-state index contributed by atoms with van der Waals surface area (Å²) in [4.78, 5) is 12.3. The van der Waals surface area contributed by atoms with Gasteiger partial charge >= 0.3 is 6.03 Å². The van der Waals surface area contributed by atoms with E-state index >= 15 is 0 Å². The summed E-state index contributed by atoms with van der Waals surface area (Å²) in [7, 11) is 0. The lowest BCUT2D eigenvalue weighted by molar-refractivity contribution is 0.144. The monoisotopic (exact) mass is 335 g/mol. The molecule has 0 saturated heterocycles. The van der Waals surface area contributed by atoms with Crippen LogP contribution in [0.2, 0.25) is 0 Å². The summed E-state index contributed by atoms with van der Waals surface area (Å²) in [5.74, 6) is 0. The van der Waals surface area contributed by atoms with Crippen LogP contribution < -0.4 is 10.6 Å². The molecule has 0 fully saturated rings. The average molecular weight is 335 g/mol. The molecule has 2 aromatic carbocycles. The SMILES string of the molecule is O=C(Nc1ccc(-n2ccnn2)cc1)N[C@H]1c2ccccc2C[C@H]1O. The molecule has 3 N–H and O–H groups in total. The summed E-state index contributed by atoms with van der Waals surface area (Å²) < 4.78 is 1.63. The molecule has 4 rings (SSSR count). The fraction of sp³-hybridized carbons (Fsp3) is 0.167. The van der Waals surface area contributed by atoms with Gasteiger partial charge in [0.25, 0.3) is 0 Å². The Balaban J connectivity index is 1.42. The standard InChI is InChI=1S/C18H17N5O2/c24-16-11-12-3-1-2-4-15(12)17(16)21-18(25)20-13-5-7-14(8-6-13)23-10-9-19-22-23/h1-10,16-17,24H,11H2,(H2,20,21,25)/t16-,17+/m1/s1. The molecule has 25 heavy (non-hydrogen) atoms. The molecule has 0 saturated carbocycles. The van der Waals surface area contributed by atoms with Crippen molar-refractivity contribution < 1.29 is 9.90 Å². The molecule has 2 amide bonds. The molecule has 2 atom stereocenters. The Hall–Kier alpha value is -3.19. The Morgan fingerprint density at radius 1 is 1.16 bits per heavy atom. The van der Waals surface area contributed by atoms with E-state index in [0.29, 0.717) is 12.1 Å². The molecule has 0 spiro atoms. The third-order valence-corrected chi connectivity index (χ3v) is 4.30. The number of carbonyl (C=O) groups excluding carboxylic acids is 1. The molecule has 7 nitrogen and oxygen atoms in total. The van der Waals surface area contributed by atoms with E-state index in [1.165, 1.54) is 0 Å². The van der Waals surface area contributed by atoms with Gasteiger partial charge in [0, 0.05) is 12.1 Å². The van der Waals surface area contributed by atoms with Crippen LogP contribution in [0.15, 0.2) is 60.9 Å². The second-order valence-electron chi connectivity index (χ2n) is 5.94. The molecule has 7 heteroatoms. The minimum absolute atomic E-state index is 0.353. The zero-order valence-electron chi connectivity index (χ0n) is 13.3. The fourth-order valence-corrected chi connectivity index (χ4v) is 3.10. The van der Waals surface area contributed by atoms with E-state index in [1.54, 1.807) is 29.2 Å². The largest absolute Gasteiger partial charge is 0.390 e. The second kappa shape index (κ2) is 6.37. The Morgan fingerprint density at radius 2 is 1.96 bits per heavy atom. The number of hydrogen-bond donors (Lipinski definition) is 3. The molecule has 1 aliphatic carbocycles. The summed E-state index contributed by atoms with van der Waals surface area (Å²) >= 11 is 0. The maximum Gasteiger partial charge on any atom is 0.319 e. The van der Waals surface area contributed by atoms with E-state index in [0.717, 1.165) is 16.8 Å². The average Bonchev–Trinajstić information content (AvgIpc) is 3.25. The zero-order chi connectivity index (χ0) is 17.2. The van der Waals surface area contributed by atoms with E-state index in [9.17, 15) is 9.90 Å². The van der Waals surface area contributed by atoms with Gasteiger partial charge in [0.05, 0.1) is 30.2 Å². The molecular formula is C18H17N5O2. The third kappa shape index (κ3) is 3.09. The first-order valence-electron chi connectivity index (χ1n) is 8.01. The number of benzene rings is 2. The van der Waals surface area contributed by atoms with Crippen molar-refractivity contribution in [2.45, 2.75) is 18.6 Å². The van der Waals surface area contributed by atoms with Gasteiger partial charge < -0.3 is 15.7 Å². The first kappa shape index (κ1) is 15.3. The van der Waals surface area contributed by atoms with Gasteiger partial charge in [-0.3, -0.25) is 0 Å². The summed E-state index contributed by atoms with van der Waals surface area (Å²) in [6.45, 7) is 0. The van der Waals surface area contributed by atoms with Crippen molar-refractivity contribution in [1.82, 2.24) is 20.3 Å². The second-order valence-corrected chi connectivity index (χ2v) is 5.94. The molecule has 0 bridgehead atoms. The molecule has 0 aliphatic heterocycles. The molecular weight excluding hydrogens is 318 g/mol. The van der Waals surface area contributed by atoms with E-state index in [1.807, 2.05) is 36.4 Å². The first-order valence-corrected chi connectivity index (χ1v) is 8.01. The Bertz CT molecular complexity index is 877. The van der Waals surface area contributed by atoms with Crippen LogP contribution in [-0.4, -0.2) is 32.2 Å². The predicted octanol–water partition coefficient (Wildman–Crippen LogP) is 2.05. The van der Waals surface area contributed by atoms with Crippen molar-refractivity contribution in [1.29, 1.82) is 0 Å². The van der Waals surface area contributed by atoms with Gasteiger partial charge in [0.2, 0.25) is 0 Å². The highest BCUT2D eigenvalue weighted by Gasteiger charge is 2.31. The lowest BCUT2D eigenvalue weighted by Gasteiger charge is -2.18. The highest BCUT2D eigenvalue weighted by atomic mass is 16.3. The van der Waals surface area contributed by atoms with Crippen LogP contribution in [-0.2, 0) is 6.42 Å². The van der Waals surface area contributed by atoms with Crippen LogP contribution in [0.4, 0.5) is 10.5 Å². The number of fused-ring (bicyclic) bond motifs is 1. The maximum absolute atomic E-state index is 12.3. The van der Waals surface area contributed by atoms with Crippen LogP contribution >= 0.6 is 0 Å². The van der Waals surface area contributed by atoms with Crippen LogP contribution in [0.1, 0.15) is 17.2 Å².